The lowest BCUT2D eigenvalue weighted by Crippen LogP contribution is -2.13. The lowest BCUT2D eigenvalue weighted by Gasteiger charge is -2.29. The van der Waals surface area contributed by atoms with Gasteiger partial charge in [0.1, 0.15) is 0 Å². The minimum atomic E-state index is 0.791. The smallest absolute Gasteiger partial charge is 0.0162 e. The van der Waals surface area contributed by atoms with Crippen molar-refractivity contribution in [2.75, 3.05) is 0 Å². The van der Waals surface area contributed by atoms with Crippen molar-refractivity contribution in [2.45, 2.75) is 71.1 Å². The quantitative estimate of drug-likeness (QED) is 0.483. The highest BCUT2D eigenvalue weighted by atomic mass is 14.3. The summed E-state index contributed by atoms with van der Waals surface area (Å²) in [5.41, 5.74) is 5.54. The van der Waals surface area contributed by atoms with Crippen LogP contribution < -0.4 is 0 Å². The number of rotatable bonds is 6. The molecule has 0 amide bonds. The Morgan fingerprint density at radius 1 is 0.750 bits per heavy atom. The average molecular weight is 321 g/mol. The third-order valence-corrected chi connectivity index (χ3v) is 5.83. The van der Waals surface area contributed by atoms with Crippen LogP contribution in [0.3, 0.4) is 0 Å². The highest BCUT2D eigenvalue weighted by Gasteiger charge is 2.21. The van der Waals surface area contributed by atoms with Crippen molar-refractivity contribution >= 4 is 0 Å². The average Bonchev–Trinajstić information content (AvgIpc) is 2.63. The fourth-order valence-electron chi connectivity index (χ4n) is 4.16. The van der Waals surface area contributed by atoms with E-state index in [1.54, 1.807) is 5.56 Å². The predicted molar refractivity (Wildman–Crippen MR) is 105 cm³/mol. The highest BCUT2D eigenvalue weighted by molar-refractivity contribution is 5.64. The van der Waals surface area contributed by atoms with Crippen LogP contribution in [0.1, 0.15) is 75.3 Å². The Bertz CT molecular complexity index is 597. The summed E-state index contributed by atoms with van der Waals surface area (Å²) in [6.45, 7) is 4.45. The zero-order valence-corrected chi connectivity index (χ0v) is 15.4. The first-order valence-electron chi connectivity index (χ1n) is 9.93. The molecular formula is C24H32. The van der Waals surface area contributed by atoms with Gasteiger partial charge in [0.25, 0.3) is 0 Å². The summed E-state index contributed by atoms with van der Waals surface area (Å²) in [5, 5.41) is 0. The third kappa shape index (κ3) is 4.50. The van der Waals surface area contributed by atoms with Crippen LogP contribution in [-0.2, 0) is 0 Å². The molecule has 2 aromatic rings. The Labute approximate surface area is 148 Å². The fraction of sp³-hybridized carbons (Fsp3) is 0.500. The van der Waals surface area contributed by atoms with Crippen LogP contribution >= 0.6 is 0 Å². The van der Waals surface area contributed by atoms with E-state index >= 15 is 0 Å². The number of hydrogen-bond donors (Lipinski definition) is 0. The zero-order chi connectivity index (χ0) is 16.8. The van der Waals surface area contributed by atoms with Gasteiger partial charge in [0.15, 0.2) is 0 Å². The SMILES string of the molecule is CCCCC[C@H]1CC[C@H](c2ccc(-c3ccc(C)cc3)cc2)CC1. The van der Waals surface area contributed by atoms with E-state index in [0.717, 1.165) is 11.8 Å². The van der Waals surface area contributed by atoms with Gasteiger partial charge in [-0.25, -0.2) is 0 Å². The van der Waals surface area contributed by atoms with E-state index in [0.29, 0.717) is 0 Å². The van der Waals surface area contributed by atoms with E-state index in [4.69, 9.17) is 0 Å². The summed E-state index contributed by atoms with van der Waals surface area (Å²) in [6, 6.07) is 18.2. The Kier molecular flexibility index (Phi) is 6.12. The minimum absolute atomic E-state index is 0.791. The Balaban J connectivity index is 1.56. The van der Waals surface area contributed by atoms with E-state index in [1.807, 2.05) is 0 Å². The molecular weight excluding hydrogens is 288 g/mol. The molecule has 0 spiro atoms. The van der Waals surface area contributed by atoms with Crippen molar-refractivity contribution < 1.29 is 0 Å². The van der Waals surface area contributed by atoms with Gasteiger partial charge in [-0.15, -0.1) is 0 Å². The minimum Gasteiger partial charge on any atom is -0.0654 e. The molecule has 0 atom stereocenters. The molecule has 0 nitrogen and oxygen atoms in total. The van der Waals surface area contributed by atoms with Gasteiger partial charge < -0.3 is 0 Å². The molecule has 128 valence electrons. The predicted octanol–water partition coefficient (Wildman–Crippen LogP) is 7.52. The lowest BCUT2D eigenvalue weighted by atomic mass is 9.77. The van der Waals surface area contributed by atoms with E-state index in [2.05, 4.69) is 62.4 Å². The number of benzene rings is 2. The molecule has 0 heteroatoms. The molecule has 1 aliphatic rings. The molecule has 0 N–H and O–H groups in total. The van der Waals surface area contributed by atoms with Gasteiger partial charge >= 0.3 is 0 Å². The van der Waals surface area contributed by atoms with E-state index in [9.17, 15) is 0 Å². The van der Waals surface area contributed by atoms with Crippen LogP contribution in [0.15, 0.2) is 48.5 Å². The first-order valence-corrected chi connectivity index (χ1v) is 9.93. The number of aryl methyl sites for hydroxylation is 1. The largest absolute Gasteiger partial charge is 0.0654 e. The van der Waals surface area contributed by atoms with Crippen molar-refractivity contribution in [2.24, 2.45) is 5.92 Å². The van der Waals surface area contributed by atoms with Crippen LogP contribution in [0.2, 0.25) is 0 Å². The van der Waals surface area contributed by atoms with Gasteiger partial charge in [-0.2, -0.15) is 0 Å². The Hall–Kier alpha value is -1.56. The van der Waals surface area contributed by atoms with Crippen LogP contribution in [0.5, 0.6) is 0 Å². The topological polar surface area (TPSA) is 0 Å². The summed E-state index contributed by atoms with van der Waals surface area (Å²) in [7, 11) is 0. The Morgan fingerprint density at radius 2 is 1.33 bits per heavy atom. The standard InChI is InChI=1S/C24H32/c1-3-4-5-6-20-9-13-22(14-10-20)24-17-15-23(16-18-24)21-11-7-19(2)8-12-21/h7-8,11-12,15-18,20,22H,3-6,9-10,13-14H2,1-2H3/t20-,22-. The van der Waals surface area contributed by atoms with Crippen LogP contribution in [0.4, 0.5) is 0 Å². The van der Waals surface area contributed by atoms with Crippen molar-refractivity contribution in [3.05, 3.63) is 59.7 Å². The maximum Gasteiger partial charge on any atom is -0.0162 e. The van der Waals surface area contributed by atoms with Gasteiger partial charge in [-0.05, 0) is 61.1 Å². The summed E-state index contributed by atoms with van der Waals surface area (Å²) >= 11 is 0. The molecule has 0 bridgehead atoms. The van der Waals surface area contributed by atoms with Gasteiger partial charge in [-0.1, -0.05) is 86.7 Å². The first kappa shape index (κ1) is 17.3. The first-order chi connectivity index (χ1) is 11.8. The fourth-order valence-corrected chi connectivity index (χ4v) is 4.16. The molecule has 0 saturated heterocycles. The normalized spacial score (nSPS) is 20.9. The second-order valence-corrected chi connectivity index (χ2v) is 7.70. The molecule has 0 aliphatic heterocycles. The lowest BCUT2D eigenvalue weighted by molar-refractivity contribution is 0.303. The second kappa shape index (κ2) is 8.51. The van der Waals surface area contributed by atoms with Crippen LogP contribution in [-0.4, -0.2) is 0 Å². The van der Waals surface area contributed by atoms with Crippen LogP contribution in [0.25, 0.3) is 11.1 Å². The maximum absolute atomic E-state index is 2.37. The van der Waals surface area contributed by atoms with Gasteiger partial charge in [0.05, 0.1) is 0 Å². The van der Waals surface area contributed by atoms with E-state index in [-0.39, 0.29) is 0 Å². The summed E-state index contributed by atoms with van der Waals surface area (Å²) in [6.07, 6.45) is 11.3. The van der Waals surface area contributed by atoms with E-state index in [1.165, 1.54) is 68.1 Å². The maximum atomic E-state index is 2.37. The molecule has 0 unspecified atom stereocenters. The molecule has 1 saturated carbocycles. The third-order valence-electron chi connectivity index (χ3n) is 5.83. The number of hydrogen-bond acceptors (Lipinski definition) is 0. The molecule has 0 radical (unpaired) electrons. The van der Waals surface area contributed by atoms with Crippen molar-refractivity contribution in [1.29, 1.82) is 0 Å². The van der Waals surface area contributed by atoms with Gasteiger partial charge in [-0.3, -0.25) is 0 Å². The van der Waals surface area contributed by atoms with Gasteiger partial charge in [0.2, 0.25) is 0 Å². The molecule has 1 aliphatic carbocycles. The summed E-state index contributed by atoms with van der Waals surface area (Å²) in [5.74, 6) is 1.79. The van der Waals surface area contributed by atoms with E-state index < -0.39 is 0 Å². The van der Waals surface area contributed by atoms with Crippen LogP contribution in [0, 0.1) is 12.8 Å². The second-order valence-electron chi connectivity index (χ2n) is 7.70. The summed E-state index contributed by atoms with van der Waals surface area (Å²) < 4.78 is 0. The molecule has 2 aromatic carbocycles. The van der Waals surface area contributed by atoms with Crippen molar-refractivity contribution in [1.82, 2.24) is 0 Å². The summed E-state index contributed by atoms with van der Waals surface area (Å²) in [4.78, 5) is 0. The molecule has 0 aromatic heterocycles. The molecule has 3 rings (SSSR count). The molecule has 24 heavy (non-hydrogen) atoms. The van der Waals surface area contributed by atoms with Crippen molar-refractivity contribution in [3.63, 3.8) is 0 Å². The highest BCUT2D eigenvalue weighted by Crippen LogP contribution is 2.38. The monoisotopic (exact) mass is 320 g/mol. The number of unbranched alkanes of at least 4 members (excludes halogenated alkanes) is 2. The van der Waals surface area contributed by atoms with Crippen molar-refractivity contribution in [3.8, 4) is 11.1 Å². The van der Waals surface area contributed by atoms with Gasteiger partial charge in [0, 0.05) is 0 Å². The molecule has 1 fully saturated rings. The molecule has 0 heterocycles. The Morgan fingerprint density at radius 3 is 1.92 bits per heavy atom. The zero-order valence-electron chi connectivity index (χ0n) is 15.4.